The van der Waals surface area contributed by atoms with Crippen LogP contribution in [0.5, 0.6) is 0 Å². The van der Waals surface area contributed by atoms with Crippen molar-refractivity contribution in [2.24, 2.45) is 0 Å². The molecule has 1 amide bonds. The van der Waals surface area contributed by atoms with Crippen LogP contribution < -0.4 is 5.32 Å². The monoisotopic (exact) mass is 232 g/mol. The van der Waals surface area contributed by atoms with E-state index in [4.69, 9.17) is 4.42 Å². The number of aryl methyl sites for hydroxylation is 1. The lowest BCUT2D eigenvalue weighted by atomic mass is 10.2. The van der Waals surface area contributed by atoms with E-state index in [1.807, 2.05) is 32.0 Å². The van der Waals surface area contributed by atoms with Crippen LogP contribution in [-0.2, 0) is 11.3 Å². The number of hydrogen-bond donors (Lipinski definition) is 1. The number of nitrogens with zero attached hydrogens (tertiary/aromatic N) is 1. The zero-order valence-corrected chi connectivity index (χ0v) is 10.1. The van der Waals surface area contributed by atoms with Crippen LogP contribution >= 0.6 is 0 Å². The van der Waals surface area contributed by atoms with Crippen molar-refractivity contribution in [3.63, 3.8) is 0 Å². The molecule has 0 aliphatic heterocycles. The molecule has 0 aliphatic rings. The highest BCUT2D eigenvalue weighted by molar-refractivity contribution is 5.76. The van der Waals surface area contributed by atoms with Crippen LogP contribution in [0, 0.1) is 6.92 Å². The van der Waals surface area contributed by atoms with E-state index in [1.54, 1.807) is 0 Å². The van der Waals surface area contributed by atoms with E-state index < -0.39 is 0 Å². The summed E-state index contributed by atoms with van der Waals surface area (Å²) in [4.78, 5) is 15.6. The standard InChI is InChI=1S/C13H16N2O2/c1-3-4-13(16)14-8-10-5-6-12-11(7-10)15-9(2)17-12/h5-7H,3-4,8H2,1-2H3,(H,14,16). The molecule has 1 aromatic heterocycles. The summed E-state index contributed by atoms with van der Waals surface area (Å²) in [5.74, 6) is 0.746. The van der Waals surface area contributed by atoms with Crippen molar-refractivity contribution in [3.05, 3.63) is 29.7 Å². The minimum atomic E-state index is 0.0870. The van der Waals surface area contributed by atoms with Crippen LogP contribution in [0.2, 0.25) is 0 Å². The second-order valence-electron chi connectivity index (χ2n) is 4.06. The van der Waals surface area contributed by atoms with Crippen LogP contribution in [-0.4, -0.2) is 10.9 Å². The molecule has 17 heavy (non-hydrogen) atoms. The van der Waals surface area contributed by atoms with Crippen LogP contribution in [0.15, 0.2) is 22.6 Å². The molecule has 0 spiro atoms. The SMILES string of the molecule is CCCC(=O)NCc1ccc2oc(C)nc2c1. The first kappa shape index (κ1) is 11.6. The molecule has 0 bridgehead atoms. The Morgan fingerprint density at radius 1 is 1.47 bits per heavy atom. The topological polar surface area (TPSA) is 55.1 Å². The quantitative estimate of drug-likeness (QED) is 0.881. The minimum absolute atomic E-state index is 0.0870. The molecule has 0 saturated heterocycles. The highest BCUT2D eigenvalue weighted by atomic mass is 16.3. The fourth-order valence-corrected chi connectivity index (χ4v) is 1.71. The molecule has 0 fully saturated rings. The van der Waals surface area contributed by atoms with Crippen molar-refractivity contribution >= 4 is 17.0 Å². The lowest BCUT2D eigenvalue weighted by Crippen LogP contribution is -2.21. The van der Waals surface area contributed by atoms with Gasteiger partial charge in [-0.25, -0.2) is 4.98 Å². The van der Waals surface area contributed by atoms with Gasteiger partial charge in [-0.05, 0) is 24.1 Å². The maximum Gasteiger partial charge on any atom is 0.220 e. The van der Waals surface area contributed by atoms with Gasteiger partial charge in [0.2, 0.25) is 5.91 Å². The third kappa shape index (κ3) is 2.84. The Kier molecular flexibility index (Phi) is 3.42. The molecule has 0 radical (unpaired) electrons. The molecule has 90 valence electrons. The van der Waals surface area contributed by atoms with Crippen LogP contribution in [0.4, 0.5) is 0 Å². The molecular formula is C13H16N2O2. The molecule has 1 N–H and O–H groups in total. The Morgan fingerprint density at radius 2 is 2.29 bits per heavy atom. The van der Waals surface area contributed by atoms with Gasteiger partial charge in [0.05, 0.1) is 0 Å². The number of benzene rings is 1. The number of hydrogen-bond acceptors (Lipinski definition) is 3. The summed E-state index contributed by atoms with van der Waals surface area (Å²) < 4.78 is 5.39. The zero-order valence-electron chi connectivity index (χ0n) is 10.1. The first-order valence-corrected chi connectivity index (χ1v) is 5.82. The second kappa shape index (κ2) is 4.99. The van der Waals surface area contributed by atoms with Gasteiger partial charge in [0, 0.05) is 19.9 Å². The van der Waals surface area contributed by atoms with E-state index in [9.17, 15) is 4.79 Å². The number of aromatic nitrogens is 1. The Bertz CT molecular complexity index is 531. The third-order valence-electron chi connectivity index (χ3n) is 2.53. The number of rotatable bonds is 4. The van der Waals surface area contributed by atoms with Gasteiger partial charge in [0.1, 0.15) is 5.52 Å². The Balaban J connectivity index is 2.06. The Labute approximate surface area is 100 Å². The van der Waals surface area contributed by atoms with Crippen molar-refractivity contribution in [1.29, 1.82) is 0 Å². The molecule has 4 nitrogen and oxygen atoms in total. The molecule has 1 aromatic carbocycles. The highest BCUT2D eigenvalue weighted by Gasteiger charge is 2.04. The van der Waals surface area contributed by atoms with E-state index >= 15 is 0 Å². The van der Waals surface area contributed by atoms with Gasteiger partial charge < -0.3 is 9.73 Å². The molecular weight excluding hydrogens is 216 g/mol. The van der Waals surface area contributed by atoms with Gasteiger partial charge >= 0.3 is 0 Å². The summed E-state index contributed by atoms with van der Waals surface area (Å²) in [6.07, 6.45) is 1.44. The normalized spacial score (nSPS) is 10.7. The number of nitrogens with one attached hydrogen (secondary N) is 1. The van der Waals surface area contributed by atoms with Gasteiger partial charge in [-0.3, -0.25) is 4.79 Å². The fourth-order valence-electron chi connectivity index (χ4n) is 1.71. The van der Waals surface area contributed by atoms with E-state index in [0.717, 1.165) is 23.1 Å². The summed E-state index contributed by atoms with van der Waals surface area (Å²) in [7, 11) is 0. The van der Waals surface area contributed by atoms with Crippen LogP contribution in [0.1, 0.15) is 31.2 Å². The molecule has 0 aliphatic carbocycles. The summed E-state index contributed by atoms with van der Waals surface area (Å²) in [6.45, 7) is 4.35. The number of oxazole rings is 1. The molecule has 1 heterocycles. The van der Waals surface area contributed by atoms with Gasteiger partial charge in [0.15, 0.2) is 11.5 Å². The number of carbonyl (C=O) groups excluding carboxylic acids is 1. The Hall–Kier alpha value is -1.84. The van der Waals surface area contributed by atoms with Crippen molar-refractivity contribution in [2.75, 3.05) is 0 Å². The zero-order chi connectivity index (χ0) is 12.3. The Morgan fingerprint density at radius 3 is 3.06 bits per heavy atom. The summed E-state index contributed by atoms with van der Waals surface area (Å²) in [5.41, 5.74) is 2.66. The van der Waals surface area contributed by atoms with Crippen molar-refractivity contribution in [1.82, 2.24) is 10.3 Å². The van der Waals surface area contributed by atoms with Gasteiger partial charge in [0.25, 0.3) is 0 Å². The average molecular weight is 232 g/mol. The van der Waals surface area contributed by atoms with E-state index in [-0.39, 0.29) is 5.91 Å². The van der Waals surface area contributed by atoms with Gasteiger partial charge in [-0.2, -0.15) is 0 Å². The van der Waals surface area contributed by atoms with Crippen molar-refractivity contribution in [2.45, 2.75) is 33.2 Å². The van der Waals surface area contributed by atoms with E-state index in [1.165, 1.54) is 0 Å². The number of fused-ring (bicyclic) bond motifs is 1. The van der Waals surface area contributed by atoms with Gasteiger partial charge in [-0.15, -0.1) is 0 Å². The number of carbonyl (C=O) groups is 1. The molecule has 4 heteroatoms. The average Bonchev–Trinajstić information content (AvgIpc) is 2.66. The fraction of sp³-hybridized carbons (Fsp3) is 0.385. The van der Waals surface area contributed by atoms with Crippen molar-refractivity contribution in [3.8, 4) is 0 Å². The molecule has 0 saturated carbocycles. The van der Waals surface area contributed by atoms with Crippen molar-refractivity contribution < 1.29 is 9.21 Å². The van der Waals surface area contributed by atoms with E-state index in [0.29, 0.717) is 18.9 Å². The lowest BCUT2D eigenvalue weighted by molar-refractivity contribution is -0.121. The minimum Gasteiger partial charge on any atom is -0.441 e. The summed E-state index contributed by atoms with van der Waals surface area (Å²) in [5, 5.41) is 2.87. The first-order chi connectivity index (χ1) is 8.19. The molecule has 2 aromatic rings. The maximum atomic E-state index is 11.3. The van der Waals surface area contributed by atoms with Gasteiger partial charge in [-0.1, -0.05) is 13.0 Å². The lowest BCUT2D eigenvalue weighted by Gasteiger charge is -2.03. The maximum absolute atomic E-state index is 11.3. The predicted octanol–water partition coefficient (Wildman–Crippen LogP) is 2.55. The summed E-state index contributed by atoms with van der Waals surface area (Å²) in [6, 6.07) is 5.77. The molecule has 0 atom stereocenters. The molecule has 0 unspecified atom stereocenters. The first-order valence-electron chi connectivity index (χ1n) is 5.82. The van der Waals surface area contributed by atoms with Crippen LogP contribution in [0.25, 0.3) is 11.1 Å². The highest BCUT2D eigenvalue weighted by Crippen LogP contribution is 2.16. The second-order valence-corrected chi connectivity index (χ2v) is 4.06. The number of amides is 1. The largest absolute Gasteiger partial charge is 0.441 e. The summed E-state index contributed by atoms with van der Waals surface area (Å²) >= 11 is 0. The van der Waals surface area contributed by atoms with Crippen LogP contribution in [0.3, 0.4) is 0 Å². The smallest absolute Gasteiger partial charge is 0.220 e. The molecule has 2 rings (SSSR count). The predicted molar refractivity (Wildman–Crippen MR) is 65.5 cm³/mol. The van der Waals surface area contributed by atoms with E-state index in [2.05, 4.69) is 10.3 Å². The third-order valence-corrected chi connectivity index (χ3v) is 2.53.